The molecule has 1 aromatic carbocycles. The smallest absolute Gasteiger partial charge is 0.303 e. The van der Waals surface area contributed by atoms with E-state index >= 15 is 0 Å². The summed E-state index contributed by atoms with van der Waals surface area (Å²) in [6, 6.07) is 7.81. The topological polar surface area (TPSA) is 52.6 Å². The second kappa shape index (κ2) is 8.13. The van der Waals surface area contributed by atoms with Gasteiger partial charge in [0.1, 0.15) is 17.6 Å². The quantitative estimate of drug-likeness (QED) is 0.562. The zero-order valence-corrected chi connectivity index (χ0v) is 14.5. The van der Waals surface area contributed by atoms with Gasteiger partial charge in [0.25, 0.3) is 0 Å². The van der Waals surface area contributed by atoms with Gasteiger partial charge in [-0.3, -0.25) is 9.59 Å². The van der Waals surface area contributed by atoms with Crippen molar-refractivity contribution in [3.8, 4) is 5.75 Å². The van der Waals surface area contributed by atoms with Crippen LogP contribution in [0.2, 0.25) is 0 Å². The Hall–Kier alpha value is -2.10. The molecule has 24 heavy (non-hydrogen) atoms. The number of rotatable bonds is 7. The van der Waals surface area contributed by atoms with Crippen LogP contribution in [-0.4, -0.2) is 25.0 Å². The number of methoxy groups -OCH3 is 1. The maximum Gasteiger partial charge on any atom is 0.303 e. The summed E-state index contributed by atoms with van der Waals surface area (Å²) in [5.74, 6) is 0.720. The lowest BCUT2D eigenvalue weighted by Gasteiger charge is -2.37. The van der Waals surface area contributed by atoms with Crippen molar-refractivity contribution in [2.75, 3.05) is 7.11 Å². The van der Waals surface area contributed by atoms with E-state index in [0.717, 1.165) is 30.6 Å². The Bertz CT molecular complexity index is 590. The molecular formula is C20H26O4. The van der Waals surface area contributed by atoms with Gasteiger partial charge in [-0.2, -0.15) is 0 Å². The van der Waals surface area contributed by atoms with Crippen LogP contribution in [0.5, 0.6) is 5.75 Å². The van der Waals surface area contributed by atoms with E-state index in [4.69, 9.17) is 9.47 Å². The molecule has 130 valence electrons. The van der Waals surface area contributed by atoms with E-state index in [1.807, 2.05) is 24.3 Å². The number of carbonyl (C=O) groups is 2. The molecule has 0 aromatic heterocycles. The first-order valence-corrected chi connectivity index (χ1v) is 8.45. The Morgan fingerprint density at radius 3 is 2.58 bits per heavy atom. The molecule has 1 fully saturated rings. The number of Topliss-reactive ketones (excluding diaryl/α,β-unsaturated/α-hetero) is 1. The van der Waals surface area contributed by atoms with Crippen molar-refractivity contribution in [1.29, 1.82) is 0 Å². The molecule has 0 N–H and O–H groups in total. The molecule has 1 saturated carbocycles. The molecule has 0 spiro atoms. The zero-order chi connectivity index (χ0) is 17.6. The number of benzene rings is 1. The van der Waals surface area contributed by atoms with Crippen molar-refractivity contribution in [2.24, 2.45) is 5.41 Å². The van der Waals surface area contributed by atoms with Gasteiger partial charge in [0.15, 0.2) is 0 Å². The molecule has 2 atom stereocenters. The standard InChI is InChI=1S/C20H26O4/c1-4-17(24-15(2)21)14-20(12-6-5-7-19(20)22)13-16-8-10-18(23-3)11-9-16/h4,8-11,17H,1,5-7,12-14H2,2-3H3/t17-,20-/m1/s1. The van der Waals surface area contributed by atoms with Crippen molar-refractivity contribution in [3.63, 3.8) is 0 Å². The highest BCUT2D eigenvalue weighted by molar-refractivity contribution is 5.86. The van der Waals surface area contributed by atoms with Gasteiger partial charge >= 0.3 is 5.97 Å². The van der Waals surface area contributed by atoms with Crippen LogP contribution in [0.4, 0.5) is 0 Å². The summed E-state index contributed by atoms with van der Waals surface area (Å²) in [6.07, 6.45) is 5.73. The number of hydrogen-bond donors (Lipinski definition) is 0. The molecule has 2 rings (SSSR count). The molecule has 1 aromatic rings. The third kappa shape index (κ3) is 4.47. The lowest BCUT2D eigenvalue weighted by atomic mass is 9.66. The number of ether oxygens (including phenoxy) is 2. The third-order valence-corrected chi connectivity index (χ3v) is 4.77. The minimum atomic E-state index is -0.485. The molecule has 0 bridgehead atoms. The fourth-order valence-electron chi connectivity index (χ4n) is 3.53. The molecule has 4 heteroatoms. The van der Waals surface area contributed by atoms with E-state index in [0.29, 0.717) is 19.3 Å². The van der Waals surface area contributed by atoms with Gasteiger partial charge in [0, 0.05) is 25.2 Å². The highest BCUT2D eigenvalue weighted by atomic mass is 16.5. The molecule has 0 radical (unpaired) electrons. The molecule has 0 unspecified atom stereocenters. The second-order valence-electron chi connectivity index (χ2n) is 6.52. The summed E-state index contributed by atoms with van der Waals surface area (Å²) in [5.41, 5.74) is 0.609. The van der Waals surface area contributed by atoms with Crippen LogP contribution in [0.15, 0.2) is 36.9 Å². The highest BCUT2D eigenvalue weighted by Crippen LogP contribution is 2.41. The van der Waals surface area contributed by atoms with Crippen LogP contribution < -0.4 is 4.74 Å². The largest absolute Gasteiger partial charge is 0.497 e. The van der Waals surface area contributed by atoms with Gasteiger partial charge < -0.3 is 9.47 Å². The van der Waals surface area contributed by atoms with E-state index in [9.17, 15) is 9.59 Å². The fraction of sp³-hybridized carbons (Fsp3) is 0.500. The molecule has 1 aliphatic rings. The Balaban J connectivity index is 2.23. The third-order valence-electron chi connectivity index (χ3n) is 4.77. The Labute approximate surface area is 143 Å². The van der Waals surface area contributed by atoms with Crippen molar-refractivity contribution >= 4 is 11.8 Å². The number of ketones is 1. The normalized spacial score (nSPS) is 21.8. The first-order valence-electron chi connectivity index (χ1n) is 8.45. The van der Waals surface area contributed by atoms with Crippen molar-refractivity contribution in [2.45, 2.75) is 51.6 Å². The second-order valence-corrected chi connectivity index (χ2v) is 6.52. The van der Waals surface area contributed by atoms with Crippen LogP contribution in [0.3, 0.4) is 0 Å². The van der Waals surface area contributed by atoms with E-state index in [1.165, 1.54) is 6.92 Å². The highest BCUT2D eigenvalue weighted by Gasteiger charge is 2.41. The van der Waals surface area contributed by atoms with Crippen molar-refractivity contribution < 1.29 is 19.1 Å². The minimum Gasteiger partial charge on any atom is -0.497 e. The van der Waals surface area contributed by atoms with Gasteiger partial charge in [-0.05, 0) is 37.0 Å². The van der Waals surface area contributed by atoms with E-state index in [2.05, 4.69) is 6.58 Å². The molecule has 4 nitrogen and oxygen atoms in total. The van der Waals surface area contributed by atoms with Gasteiger partial charge in [-0.1, -0.05) is 31.2 Å². The molecule has 0 amide bonds. The van der Waals surface area contributed by atoms with Crippen molar-refractivity contribution in [1.82, 2.24) is 0 Å². The Morgan fingerprint density at radius 1 is 1.33 bits per heavy atom. The number of esters is 1. The summed E-state index contributed by atoms with van der Waals surface area (Å²) < 4.78 is 10.5. The average molecular weight is 330 g/mol. The predicted molar refractivity (Wildman–Crippen MR) is 93.0 cm³/mol. The van der Waals surface area contributed by atoms with Gasteiger partial charge in [0.05, 0.1) is 7.11 Å². The first-order chi connectivity index (χ1) is 11.5. The van der Waals surface area contributed by atoms with Crippen LogP contribution in [0.1, 0.15) is 44.6 Å². The molecular weight excluding hydrogens is 304 g/mol. The Kier molecular flexibility index (Phi) is 6.18. The first kappa shape index (κ1) is 18.2. The summed E-state index contributed by atoms with van der Waals surface area (Å²) in [5, 5.41) is 0. The fourth-order valence-corrected chi connectivity index (χ4v) is 3.53. The summed E-state index contributed by atoms with van der Waals surface area (Å²) in [7, 11) is 1.63. The minimum absolute atomic E-state index is 0.267. The summed E-state index contributed by atoms with van der Waals surface area (Å²) in [6.45, 7) is 5.14. The van der Waals surface area contributed by atoms with Crippen LogP contribution in [0, 0.1) is 5.41 Å². The zero-order valence-electron chi connectivity index (χ0n) is 14.5. The number of carbonyl (C=O) groups excluding carboxylic acids is 2. The van der Waals surface area contributed by atoms with E-state index < -0.39 is 11.5 Å². The molecule has 0 saturated heterocycles. The van der Waals surface area contributed by atoms with Crippen LogP contribution in [0.25, 0.3) is 0 Å². The summed E-state index contributed by atoms with van der Waals surface area (Å²) >= 11 is 0. The van der Waals surface area contributed by atoms with E-state index in [1.54, 1.807) is 13.2 Å². The summed E-state index contributed by atoms with van der Waals surface area (Å²) in [4.78, 5) is 24.1. The molecule has 0 aliphatic heterocycles. The van der Waals surface area contributed by atoms with Crippen LogP contribution in [-0.2, 0) is 20.7 Å². The lowest BCUT2D eigenvalue weighted by Crippen LogP contribution is -2.40. The van der Waals surface area contributed by atoms with Crippen LogP contribution >= 0.6 is 0 Å². The van der Waals surface area contributed by atoms with Gasteiger partial charge in [-0.15, -0.1) is 0 Å². The maximum atomic E-state index is 12.8. The average Bonchev–Trinajstić information content (AvgIpc) is 2.57. The number of hydrogen-bond acceptors (Lipinski definition) is 4. The lowest BCUT2D eigenvalue weighted by molar-refractivity contribution is -0.148. The monoisotopic (exact) mass is 330 g/mol. The van der Waals surface area contributed by atoms with Gasteiger partial charge in [0.2, 0.25) is 0 Å². The predicted octanol–water partition coefficient (Wildman–Crippen LogP) is 3.88. The van der Waals surface area contributed by atoms with Gasteiger partial charge in [-0.25, -0.2) is 0 Å². The molecule has 0 heterocycles. The maximum absolute atomic E-state index is 12.8. The molecule has 1 aliphatic carbocycles. The Morgan fingerprint density at radius 2 is 2.04 bits per heavy atom. The van der Waals surface area contributed by atoms with Crippen molar-refractivity contribution in [3.05, 3.63) is 42.5 Å². The van der Waals surface area contributed by atoms with E-state index in [-0.39, 0.29) is 11.8 Å². The SMILES string of the molecule is C=C[C@H](C[C@]1(Cc2ccc(OC)cc2)CCCCC1=O)OC(C)=O.